The van der Waals surface area contributed by atoms with Gasteiger partial charge in [0.05, 0.1) is 12.5 Å². The van der Waals surface area contributed by atoms with Crippen molar-refractivity contribution in [3.63, 3.8) is 0 Å². The molecule has 7 heteroatoms. The van der Waals surface area contributed by atoms with Crippen LogP contribution >= 0.6 is 0 Å². The highest BCUT2D eigenvalue weighted by Gasteiger charge is 2.45. The molecule has 1 fully saturated rings. The van der Waals surface area contributed by atoms with E-state index in [1.165, 1.54) is 0 Å². The number of carbonyl (C=O) groups excluding carboxylic acids is 2. The zero-order chi connectivity index (χ0) is 14.7. The second-order valence-electron chi connectivity index (χ2n) is 4.52. The van der Waals surface area contributed by atoms with E-state index in [0.717, 1.165) is 10.5 Å². The van der Waals surface area contributed by atoms with Crippen LogP contribution in [-0.4, -0.2) is 38.9 Å². The molecule has 0 aliphatic carbocycles. The standard InChI is InChI=1S/C13H15N3O4/c1-2-9(8-4-3-5-14-7-8)15-13(20)16-10(12(18)19)6-11(16)17/h3-5,7,9-10H,2,6H2,1H3,(H,15,20)(H,18,19)/t9?,10-/m0/s1. The van der Waals surface area contributed by atoms with Crippen LogP contribution in [0, 0.1) is 0 Å². The molecule has 20 heavy (non-hydrogen) atoms. The van der Waals surface area contributed by atoms with Crippen molar-refractivity contribution in [3.05, 3.63) is 30.1 Å². The van der Waals surface area contributed by atoms with Crippen molar-refractivity contribution in [2.45, 2.75) is 31.8 Å². The van der Waals surface area contributed by atoms with E-state index < -0.39 is 23.9 Å². The average Bonchev–Trinajstić information content (AvgIpc) is 2.42. The van der Waals surface area contributed by atoms with Crippen LogP contribution in [0.25, 0.3) is 0 Å². The van der Waals surface area contributed by atoms with Crippen LogP contribution in [-0.2, 0) is 9.59 Å². The number of carbonyl (C=O) groups is 3. The van der Waals surface area contributed by atoms with Gasteiger partial charge < -0.3 is 10.4 Å². The average molecular weight is 277 g/mol. The first kappa shape index (κ1) is 14.0. The summed E-state index contributed by atoms with van der Waals surface area (Å²) in [7, 11) is 0. The lowest BCUT2D eigenvalue weighted by molar-refractivity contribution is -0.157. The van der Waals surface area contributed by atoms with Crippen LogP contribution < -0.4 is 5.32 Å². The van der Waals surface area contributed by atoms with E-state index in [-0.39, 0.29) is 12.5 Å². The molecule has 7 nitrogen and oxygen atoms in total. The summed E-state index contributed by atoms with van der Waals surface area (Å²) in [6.45, 7) is 1.88. The Morgan fingerprint density at radius 1 is 1.60 bits per heavy atom. The minimum absolute atomic E-state index is 0.133. The van der Waals surface area contributed by atoms with E-state index in [0.29, 0.717) is 6.42 Å². The van der Waals surface area contributed by atoms with Gasteiger partial charge in [0.1, 0.15) is 6.04 Å². The number of imide groups is 1. The first-order valence-corrected chi connectivity index (χ1v) is 6.29. The normalized spacial score (nSPS) is 19.1. The van der Waals surface area contributed by atoms with Crippen LogP contribution in [0.1, 0.15) is 31.4 Å². The molecule has 1 saturated heterocycles. The monoisotopic (exact) mass is 277 g/mol. The highest BCUT2D eigenvalue weighted by molar-refractivity contribution is 6.05. The lowest BCUT2D eigenvalue weighted by Crippen LogP contribution is -2.62. The predicted molar refractivity (Wildman–Crippen MR) is 68.7 cm³/mol. The Labute approximate surface area is 115 Å². The van der Waals surface area contributed by atoms with Crippen molar-refractivity contribution < 1.29 is 19.5 Å². The van der Waals surface area contributed by atoms with E-state index >= 15 is 0 Å². The molecule has 0 bridgehead atoms. The molecule has 106 valence electrons. The quantitative estimate of drug-likeness (QED) is 0.797. The van der Waals surface area contributed by atoms with Gasteiger partial charge in [0.25, 0.3) is 0 Å². The molecular formula is C13H15N3O4. The molecule has 2 atom stereocenters. The second-order valence-corrected chi connectivity index (χ2v) is 4.52. The zero-order valence-corrected chi connectivity index (χ0v) is 10.9. The first-order valence-electron chi connectivity index (χ1n) is 6.29. The maximum Gasteiger partial charge on any atom is 0.327 e. The van der Waals surface area contributed by atoms with Crippen LogP contribution in [0.3, 0.4) is 0 Å². The summed E-state index contributed by atoms with van der Waals surface area (Å²) in [5.41, 5.74) is 0.809. The number of urea groups is 1. The highest BCUT2D eigenvalue weighted by Crippen LogP contribution is 2.22. The fraction of sp³-hybridized carbons (Fsp3) is 0.385. The van der Waals surface area contributed by atoms with Crippen LogP contribution in [0.5, 0.6) is 0 Å². The largest absolute Gasteiger partial charge is 0.480 e. The van der Waals surface area contributed by atoms with Crippen LogP contribution in [0.15, 0.2) is 24.5 Å². The van der Waals surface area contributed by atoms with Gasteiger partial charge in [-0.25, -0.2) is 14.5 Å². The van der Waals surface area contributed by atoms with Gasteiger partial charge in [0.15, 0.2) is 0 Å². The molecule has 2 heterocycles. The van der Waals surface area contributed by atoms with Gasteiger partial charge in [0.2, 0.25) is 5.91 Å². The number of pyridine rings is 1. The lowest BCUT2D eigenvalue weighted by Gasteiger charge is -2.36. The third-order valence-corrected chi connectivity index (χ3v) is 3.24. The number of rotatable bonds is 4. The summed E-state index contributed by atoms with van der Waals surface area (Å²) < 4.78 is 0. The SMILES string of the molecule is CCC(NC(=O)N1C(=O)C[C@H]1C(=O)O)c1cccnc1. The smallest absolute Gasteiger partial charge is 0.327 e. The summed E-state index contributed by atoms with van der Waals surface area (Å²) >= 11 is 0. The van der Waals surface area contributed by atoms with Crippen molar-refractivity contribution >= 4 is 17.9 Å². The number of carboxylic acids is 1. The minimum atomic E-state index is -1.17. The summed E-state index contributed by atoms with van der Waals surface area (Å²) in [6.07, 6.45) is 3.72. The summed E-state index contributed by atoms with van der Waals surface area (Å²) in [5, 5.41) is 11.6. The molecule has 1 aromatic rings. The fourth-order valence-electron chi connectivity index (χ4n) is 2.09. The number of hydrogen-bond donors (Lipinski definition) is 2. The highest BCUT2D eigenvalue weighted by atomic mass is 16.4. The number of aromatic nitrogens is 1. The molecule has 0 saturated carbocycles. The topological polar surface area (TPSA) is 99.6 Å². The maximum absolute atomic E-state index is 12.0. The van der Waals surface area contributed by atoms with Crippen molar-refractivity contribution in [2.75, 3.05) is 0 Å². The van der Waals surface area contributed by atoms with Gasteiger partial charge in [-0.15, -0.1) is 0 Å². The predicted octanol–water partition coefficient (Wildman–Crippen LogP) is 0.928. The molecule has 1 unspecified atom stereocenters. The molecule has 1 aliphatic heterocycles. The first-order chi connectivity index (χ1) is 9.54. The number of β-lactam (4-membered cyclic amide) rings is 1. The Kier molecular flexibility index (Phi) is 3.97. The number of likely N-dealkylation sites (tertiary alicyclic amines) is 1. The summed E-state index contributed by atoms with van der Waals surface area (Å²) in [5.74, 6) is -1.65. The Morgan fingerprint density at radius 3 is 2.85 bits per heavy atom. The molecule has 1 aliphatic rings. The number of aliphatic carboxylic acids is 1. The molecule has 1 aromatic heterocycles. The van der Waals surface area contributed by atoms with Crippen molar-refractivity contribution in [3.8, 4) is 0 Å². The van der Waals surface area contributed by atoms with E-state index in [2.05, 4.69) is 10.3 Å². The van der Waals surface area contributed by atoms with Gasteiger partial charge in [0, 0.05) is 12.4 Å². The summed E-state index contributed by atoms with van der Waals surface area (Å²) in [6, 6.07) is 1.52. The third-order valence-electron chi connectivity index (χ3n) is 3.24. The molecule has 0 radical (unpaired) electrons. The number of hydrogen-bond acceptors (Lipinski definition) is 4. The van der Waals surface area contributed by atoms with Crippen LogP contribution in [0.2, 0.25) is 0 Å². The number of amides is 3. The van der Waals surface area contributed by atoms with E-state index in [1.807, 2.05) is 13.0 Å². The number of nitrogens with one attached hydrogen (secondary N) is 1. The van der Waals surface area contributed by atoms with E-state index in [1.54, 1.807) is 18.5 Å². The van der Waals surface area contributed by atoms with E-state index in [4.69, 9.17) is 5.11 Å². The third kappa shape index (κ3) is 2.61. The van der Waals surface area contributed by atoms with Crippen molar-refractivity contribution in [1.29, 1.82) is 0 Å². The van der Waals surface area contributed by atoms with E-state index in [9.17, 15) is 14.4 Å². The van der Waals surface area contributed by atoms with Crippen LogP contribution in [0.4, 0.5) is 4.79 Å². The lowest BCUT2D eigenvalue weighted by atomic mass is 10.0. The van der Waals surface area contributed by atoms with Gasteiger partial charge in [-0.1, -0.05) is 13.0 Å². The minimum Gasteiger partial charge on any atom is -0.480 e. The van der Waals surface area contributed by atoms with Gasteiger partial charge in [-0.3, -0.25) is 9.78 Å². The molecule has 0 spiro atoms. The Morgan fingerprint density at radius 2 is 2.35 bits per heavy atom. The number of carboxylic acid groups (broad SMARTS) is 1. The van der Waals surface area contributed by atoms with Gasteiger partial charge >= 0.3 is 12.0 Å². The zero-order valence-electron chi connectivity index (χ0n) is 10.9. The van der Waals surface area contributed by atoms with Crippen molar-refractivity contribution in [1.82, 2.24) is 15.2 Å². The summed E-state index contributed by atoms with van der Waals surface area (Å²) in [4.78, 5) is 39.0. The molecule has 2 N–H and O–H groups in total. The number of nitrogens with zero attached hydrogens (tertiary/aromatic N) is 2. The molecule has 0 aromatic carbocycles. The van der Waals surface area contributed by atoms with Gasteiger partial charge in [-0.05, 0) is 18.1 Å². The Hall–Kier alpha value is -2.44. The fourth-order valence-corrected chi connectivity index (χ4v) is 2.09. The van der Waals surface area contributed by atoms with Gasteiger partial charge in [-0.2, -0.15) is 0 Å². The molecular weight excluding hydrogens is 262 g/mol. The maximum atomic E-state index is 12.0. The Bertz CT molecular complexity index is 532. The molecule has 3 amide bonds. The second kappa shape index (κ2) is 5.68. The molecule has 2 rings (SSSR count). The van der Waals surface area contributed by atoms with Crippen molar-refractivity contribution in [2.24, 2.45) is 0 Å². The Balaban J connectivity index is 2.06.